The number of hydrogen-bond acceptors (Lipinski definition) is 6. The van der Waals surface area contributed by atoms with Crippen LogP contribution in [0.3, 0.4) is 0 Å². The number of benzene rings is 3. The van der Waals surface area contributed by atoms with Crippen molar-refractivity contribution in [2.75, 3.05) is 19.8 Å². The first-order chi connectivity index (χ1) is 17.2. The van der Waals surface area contributed by atoms with Crippen LogP contribution in [-0.4, -0.2) is 37.5 Å². The van der Waals surface area contributed by atoms with E-state index < -0.39 is 5.41 Å². The van der Waals surface area contributed by atoms with Crippen LogP contribution in [0.15, 0.2) is 106 Å². The molecular weight excluding hydrogens is 438 g/mol. The fraction of sp³-hybridized carbons (Fsp3) is 0.276. The lowest BCUT2D eigenvalue weighted by molar-refractivity contribution is 0.254. The summed E-state index contributed by atoms with van der Waals surface area (Å²) in [5, 5.41) is 0. The van der Waals surface area contributed by atoms with Crippen molar-refractivity contribution in [1.82, 2.24) is 0 Å². The second-order valence-electron chi connectivity index (χ2n) is 9.14. The van der Waals surface area contributed by atoms with Crippen molar-refractivity contribution < 1.29 is 14.2 Å². The van der Waals surface area contributed by atoms with Gasteiger partial charge in [-0.1, -0.05) is 91.0 Å². The number of hydrogen-bond donors (Lipinski definition) is 0. The number of aliphatic imine (C=N–C) groups is 3. The van der Waals surface area contributed by atoms with Crippen LogP contribution in [0, 0.1) is 5.41 Å². The molecule has 0 fully saturated rings. The predicted octanol–water partition coefficient (Wildman–Crippen LogP) is 5.50. The number of rotatable bonds is 6. The quantitative estimate of drug-likeness (QED) is 0.483. The molecule has 0 spiro atoms. The maximum absolute atomic E-state index is 6.22. The van der Waals surface area contributed by atoms with Gasteiger partial charge < -0.3 is 14.2 Å². The van der Waals surface area contributed by atoms with Gasteiger partial charge in [-0.2, -0.15) is 0 Å². The molecule has 0 saturated heterocycles. The summed E-state index contributed by atoms with van der Waals surface area (Å²) < 4.78 is 18.7. The summed E-state index contributed by atoms with van der Waals surface area (Å²) in [4.78, 5) is 15.0. The van der Waals surface area contributed by atoms with Gasteiger partial charge >= 0.3 is 0 Å². The minimum atomic E-state index is -0.948. The summed E-state index contributed by atoms with van der Waals surface area (Å²) in [6.07, 6.45) is 0. The lowest BCUT2D eigenvalue weighted by Gasteiger charge is -2.26. The van der Waals surface area contributed by atoms with Crippen molar-refractivity contribution in [3.8, 4) is 0 Å². The van der Waals surface area contributed by atoms with E-state index >= 15 is 0 Å². The molecule has 4 atom stereocenters. The van der Waals surface area contributed by atoms with Crippen LogP contribution in [-0.2, 0) is 14.2 Å². The van der Waals surface area contributed by atoms with Gasteiger partial charge in [0.1, 0.15) is 37.9 Å². The van der Waals surface area contributed by atoms with Gasteiger partial charge in [0, 0.05) is 0 Å². The lowest BCUT2D eigenvalue weighted by Crippen LogP contribution is -2.44. The van der Waals surface area contributed by atoms with E-state index in [0.29, 0.717) is 37.5 Å². The zero-order valence-electron chi connectivity index (χ0n) is 19.6. The van der Waals surface area contributed by atoms with Crippen LogP contribution < -0.4 is 0 Å². The molecular formula is C29H27N3O3. The second-order valence-corrected chi connectivity index (χ2v) is 9.14. The van der Waals surface area contributed by atoms with E-state index in [1.165, 1.54) is 0 Å². The molecule has 6 nitrogen and oxygen atoms in total. The summed E-state index contributed by atoms with van der Waals surface area (Å²) >= 11 is 0. The third kappa shape index (κ3) is 3.99. The highest BCUT2D eigenvalue weighted by Gasteiger charge is 2.52. The highest BCUT2D eigenvalue weighted by molar-refractivity contribution is 6.23. The van der Waals surface area contributed by atoms with E-state index in [0.717, 1.165) is 16.7 Å². The number of ether oxygens (including phenoxy) is 3. The molecule has 0 N–H and O–H groups in total. The Morgan fingerprint density at radius 3 is 1.09 bits per heavy atom. The van der Waals surface area contributed by atoms with Crippen LogP contribution in [0.25, 0.3) is 0 Å². The van der Waals surface area contributed by atoms with Gasteiger partial charge in [0.2, 0.25) is 17.7 Å². The van der Waals surface area contributed by atoms with Crippen LogP contribution in [0.1, 0.15) is 41.7 Å². The third-order valence-electron chi connectivity index (χ3n) is 6.79. The molecule has 6 rings (SSSR count). The molecule has 0 bridgehead atoms. The Morgan fingerprint density at radius 2 is 0.800 bits per heavy atom. The zero-order chi connectivity index (χ0) is 23.7. The maximum atomic E-state index is 6.22. The molecule has 3 aliphatic rings. The van der Waals surface area contributed by atoms with Crippen molar-refractivity contribution >= 4 is 17.7 Å². The van der Waals surface area contributed by atoms with Gasteiger partial charge in [-0.25, -0.2) is 15.0 Å². The Labute approximate surface area is 205 Å². The molecule has 2 unspecified atom stereocenters. The van der Waals surface area contributed by atoms with E-state index in [1.807, 2.05) is 61.5 Å². The molecule has 3 aromatic carbocycles. The Kier molecular flexibility index (Phi) is 5.57. The average Bonchev–Trinajstić information content (AvgIpc) is 3.71. The van der Waals surface area contributed by atoms with Crippen molar-refractivity contribution in [2.24, 2.45) is 20.4 Å². The lowest BCUT2D eigenvalue weighted by atomic mass is 9.89. The first-order valence-electron chi connectivity index (χ1n) is 12.0. The number of nitrogens with zero attached hydrogens (tertiary/aromatic N) is 3. The normalized spacial score (nSPS) is 24.9. The Balaban J connectivity index is 1.39. The van der Waals surface area contributed by atoms with Gasteiger partial charge in [0.05, 0.1) is 0 Å². The molecule has 176 valence electrons. The van der Waals surface area contributed by atoms with Gasteiger partial charge in [-0.15, -0.1) is 0 Å². The monoisotopic (exact) mass is 465 g/mol. The molecule has 0 radical (unpaired) electrons. The van der Waals surface area contributed by atoms with Crippen molar-refractivity contribution in [1.29, 1.82) is 0 Å². The minimum Gasteiger partial charge on any atom is -0.477 e. The summed E-state index contributed by atoms with van der Waals surface area (Å²) in [6.45, 7) is 3.37. The van der Waals surface area contributed by atoms with Gasteiger partial charge in [-0.05, 0) is 23.6 Å². The van der Waals surface area contributed by atoms with Crippen molar-refractivity contribution in [2.45, 2.75) is 25.0 Å². The van der Waals surface area contributed by atoms with Gasteiger partial charge in [0.15, 0.2) is 5.41 Å². The highest BCUT2D eigenvalue weighted by Crippen LogP contribution is 2.40. The third-order valence-corrected chi connectivity index (χ3v) is 6.79. The summed E-state index contributed by atoms with van der Waals surface area (Å²) in [5.41, 5.74) is 2.38. The molecule has 3 aromatic rings. The molecule has 0 amide bonds. The first-order valence-corrected chi connectivity index (χ1v) is 12.0. The van der Waals surface area contributed by atoms with Crippen molar-refractivity contribution in [3.05, 3.63) is 108 Å². The molecule has 3 aliphatic heterocycles. The Hall–Kier alpha value is -3.93. The van der Waals surface area contributed by atoms with E-state index in [-0.39, 0.29) is 18.1 Å². The minimum absolute atomic E-state index is 0.0932. The van der Waals surface area contributed by atoms with Crippen molar-refractivity contribution in [3.63, 3.8) is 0 Å². The Bertz CT molecular complexity index is 1110. The molecule has 3 heterocycles. The molecule has 0 aromatic heterocycles. The highest BCUT2D eigenvalue weighted by atomic mass is 16.5. The van der Waals surface area contributed by atoms with E-state index in [9.17, 15) is 0 Å². The van der Waals surface area contributed by atoms with Gasteiger partial charge in [-0.3, -0.25) is 0 Å². The molecule has 35 heavy (non-hydrogen) atoms. The summed E-state index contributed by atoms with van der Waals surface area (Å²) in [7, 11) is 0. The van der Waals surface area contributed by atoms with Crippen LogP contribution in [0.4, 0.5) is 0 Å². The Morgan fingerprint density at radius 1 is 0.514 bits per heavy atom. The largest absolute Gasteiger partial charge is 0.477 e. The second kappa shape index (κ2) is 9.02. The van der Waals surface area contributed by atoms with E-state index in [1.54, 1.807) is 0 Å². The predicted molar refractivity (Wildman–Crippen MR) is 136 cm³/mol. The summed E-state index contributed by atoms with van der Waals surface area (Å²) in [6, 6.07) is 30.3. The first kappa shape index (κ1) is 21.6. The standard InChI is InChI=1S/C29H27N3O3/c1-29(26-30-23(17-33-26)20-11-5-2-6-12-20,27-31-24(18-34-27)21-13-7-3-8-14-21)28-32-25(19-35-28)22-15-9-4-10-16-22/h2-16,23-25H,17-19H2,1H3/t23-,24+,25?,29?. The molecule has 6 heteroatoms. The van der Waals surface area contributed by atoms with Gasteiger partial charge in [0.25, 0.3) is 0 Å². The van der Waals surface area contributed by atoms with Crippen LogP contribution >= 0.6 is 0 Å². The fourth-order valence-electron chi connectivity index (χ4n) is 4.75. The van der Waals surface area contributed by atoms with Crippen LogP contribution in [0.5, 0.6) is 0 Å². The van der Waals surface area contributed by atoms with Crippen LogP contribution in [0.2, 0.25) is 0 Å². The van der Waals surface area contributed by atoms with E-state index in [2.05, 4.69) is 36.4 Å². The van der Waals surface area contributed by atoms with E-state index in [4.69, 9.17) is 29.2 Å². The SMILES string of the molecule is CC(C1=NC(c2ccccc2)CO1)(C1=N[C@H](c2ccccc2)CO1)C1=N[C@@H](c2ccccc2)CO1. The molecule has 0 saturated carbocycles. The maximum Gasteiger partial charge on any atom is 0.209 e. The summed E-state index contributed by atoms with van der Waals surface area (Å²) in [5.74, 6) is 1.60. The smallest absolute Gasteiger partial charge is 0.209 e. The topological polar surface area (TPSA) is 64.8 Å². The zero-order valence-corrected chi connectivity index (χ0v) is 19.6. The fourth-order valence-corrected chi connectivity index (χ4v) is 4.75. The molecule has 0 aliphatic carbocycles. The average molecular weight is 466 g/mol.